The van der Waals surface area contributed by atoms with E-state index in [1.54, 1.807) is 7.11 Å². The van der Waals surface area contributed by atoms with Gasteiger partial charge in [-0.3, -0.25) is 4.79 Å². The maximum atomic E-state index is 11.8. The maximum Gasteiger partial charge on any atom is 0.161 e. The van der Waals surface area contributed by atoms with Gasteiger partial charge in [-0.1, -0.05) is 12.1 Å². The molecule has 3 nitrogen and oxygen atoms in total. The van der Waals surface area contributed by atoms with E-state index < -0.39 is 0 Å². The first-order valence-electron chi connectivity index (χ1n) is 6.07. The highest BCUT2D eigenvalue weighted by molar-refractivity contribution is 5.83. The summed E-state index contributed by atoms with van der Waals surface area (Å²) >= 11 is 0. The molecule has 0 aliphatic carbocycles. The maximum absolute atomic E-state index is 11.8. The second kappa shape index (κ2) is 5.82. The molecule has 1 aliphatic rings. The van der Waals surface area contributed by atoms with Crippen LogP contribution in [-0.4, -0.2) is 25.6 Å². The monoisotopic (exact) mass is 234 g/mol. The Morgan fingerprint density at radius 2 is 2.18 bits per heavy atom. The third kappa shape index (κ3) is 3.30. The molecule has 0 aromatic heterocycles. The van der Waals surface area contributed by atoms with Crippen LogP contribution in [-0.2, 0) is 16.0 Å². The Balaban J connectivity index is 1.82. The third-order valence-electron chi connectivity index (χ3n) is 3.11. The van der Waals surface area contributed by atoms with Crippen LogP contribution >= 0.6 is 0 Å². The van der Waals surface area contributed by atoms with Gasteiger partial charge in [0.05, 0.1) is 7.11 Å². The summed E-state index contributed by atoms with van der Waals surface area (Å²) in [4.78, 5) is 11.8. The van der Waals surface area contributed by atoms with Gasteiger partial charge in [0.2, 0.25) is 0 Å². The number of hydrogen-bond donors (Lipinski definition) is 0. The minimum atomic E-state index is -0.145. The largest absolute Gasteiger partial charge is 0.497 e. The molecular weight excluding hydrogens is 216 g/mol. The van der Waals surface area contributed by atoms with Crippen molar-refractivity contribution in [3.05, 3.63) is 29.8 Å². The Kier molecular flexibility index (Phi) is 4.15. The Hall–Kier alpha value is -1.35. The average Bonchev–Trinajstić information content (AvgIpc) is 2.90. The first-order chi connectivity index (χ1) is 8.29. The summed E-state index contributed by atoms with van der Waals surface area (Å²) in [6.45, 7) is 0.735. The summed E-state index contributed by atoms with van der Waals surface area (Å²) < 4.78 is 10.5. The fourth-order valence-electron chi connectivity index (χ4n) is 2.05. The van der Waals surface area contributed by atoms with Gasteiger partial charge in [0.1, 0.15) is 11.9 Å². The Bertz CT molecular complexity index is 364. The van der Waals surface area contributed by atoms with Crippen molar-refractivity contribution in [3.63, 3.8) is 0 Å². The van der Waals surface area contributed by atoms with Gasteiger partial charge in [-0.05, 0) is 37.0 Å². The van der Waals surface area contributed by atoms with Crippen molar-refractivity contribution in [2.75, 3.05) is 13.7 Å². The summed E-state index contributed by atoms with van der Waals surface area (Å²) in [5, 5.41) is 0. The van der Waals surface area contributed by atoms with E-state index in [-0.39, 0.29) is 11.9 Å². The van der Waals surface area contributed by atoms with Crippen LogP contribution < -0.4 is 4.74 Å². The number of hydrogen-bond acceptors (Lipinski definition) is 3. The van der Waals surface area contributed by atoms with Gasteiger partial charge in [0, 0.05) is 13.0 Å². The summed E-state index contributed by atoms with van der Waals surface area (Å²) in [7, 11) is 1.65. The molecule has 3 heteroatoms. The van der Waals surface area contributed by atoms with Gasteiger partial charge < -0.3 is 9.47 Å². The fraction of sp³-hybridized carbons (Fsp3) is 0.500. The molecule has 0 radical (unpaired) electrons. The topological polar surface area (TPSA) is 35.5 Å². The highest BCUT2D eigenvalue weighted by atomic mass is 16.5. The number of carbonyl (C=O) groups excluding carboxylic acids is 1. The molecule has 1 fully saturated rings. The Labute approximate surface area is 102 Å². The first-order valence-corrected chi connectivity index (χ1v) is 6.07. The van der Waals surface area contributed by atoms with Crippen LogP contribution in [0.2, 0.25) is 0 Å². The molecule has 2 rings (SSSR count). The van der Waals surface area contributed by atoms with Crippen molar-refractivity contribution in [1.82, 2.24) is 0 Å². The van der Waals surface area contributed by atoms with Crippen molar-refractivity contribution < 1.29 is 14.3 Å². The predicted molar refractivity (Wildman–Crippen MR) is 65.3 cm³/mol. The molecule has 1 aliphatic heterocycles. The molecule has 1 heterocycles. The molecule has 1 unspecified atom stereocenters. The van der Waals surface area contributed by atoms with E-state index >= 15 is 0 Å². The summed E-state index contributed by atoms with van der Waals surface area (Å²) in [5.74, 6) is 1.08. The zero-order valence-corrected chi connectivity index (χ0v) is 10.1. The standard InChI is InChI=1S/C14H18O3/c1-16-12-7-4-11(5-8-12)6-9-13(15)14-3-2-10-17-14/h4-5,7-8,14H,2-3,6,9-10H2,1H3. The number of rotatable bonds is 5. The zero-order valence-electron chi connectivity index (χ0n) is 10.1. The molecule has 0 saturated carbocycles. The van der Waals surface area contributed by atoms with Gasteiger partial charge >= 0.3 is 0 Å². The Morgan fingerprint density at radius 3 is 2.76 bits per heavy atom. The minimum absolute atomic E-state index is 0.145. The molecule has 0 N–H and O–H groups in total. The molecular formula is C14H18O3. The van der Waals surface area contributed by atoms with Gasteiger partial charge in [0.25, 0.3) is 0 Å². The van der Waals surface area contributed by atoms with Gasteiger partial charge in [-0.2, -0.15) is 0 Å². The third-order valence-corrected chi connectivity index (χ3v) is 3.11. The van der Waals surface area contributed by atoms with Crippen LogP contribution in [0, 0.1) is 0 Å². The van der Waals surface area contributed by atoms with Crippen molar-refractivity contribution in [3.8, 4) is 5.75 Å². The number of aryl methyl sites for hydroxylation is 1. The van der Waals surface area contributed by atoms with Crippen LogP contribution in [0.5, 0.6) is 5.75 Å². The first kappa shape index (κ1) is 12.1. The fourth-order valence-corrected chi connectivity index (χ4v) is 2.05. The lowest BCUT2D eigenvalue weighted by Crippen LogP contribution is -2.19. The second-order valence-corrected chi connectivity index (χ2v) is 4.32. The quantitative estimate of drug-likeness (QED) is 0.784. The van der Waals surface area contributed by atoms with E-state index in [0.29, 0.717) is 6.42 Å². The van der Waals surface area contributed by atoms with Crippen molar-refractivity contribution in [2.24, 2.45) is 0 Å². The lowest BCUT2D eigenvalue weighted by atomic mass is 10.0. The predicted octanol–water partition coefficient (Wildman–Crippen LogP) is 2.38. The van der Waals surface area contributed by atoms with Gasteiger partial charge in [-0.15, -0.1) is 0 Å². The van der Waals surface area contributed by atoms with Crippen LogP contribution in [0.1, 0.15) is 24.8 Å². The second-order valence-electron chi connectivity index (χ2n) is 4.32. The molecule has 1 aromatic rings. The lowest BCUT2D eigenvalue weighted by Gasteiger charge is -2.08. The molecule has 17 heavy (non-hydrogen) atoms. The van der Waals surface area contributed by atoms with E-state index in [4.69, 9.17) is 9.47 Å². The highest BCUT2D eigenvalue weighted by Crippen LogP contribution is 2.17. The van der Waals surface area contributed by atoms with Crippen LogP contribution in [0.3, 0.4) is 0 Å². The van der Waals surface area contributed by atoms with E-state index in [0.717, 1.165) is 37.2 Å². The number of Topliss-reactive ketones (excluding diaryl/α,β-unsaturated/α-hetero) is 1. The molecule has 1 saturated heterocycles. The highest BCUT2D eigenvalue weighted by Gasteiger charge is 2.22. The minimum Gasteiger partial charge on any atom is -0.497 e. The number of ether oxygens (including phenoxy) is 2. The van der Waals surface area contributed by atoms with Crippen molar-refractivity contribution in [2.45, 2.75) is 31.8 Å². The molecule has 0 spiro atoms. The van der Waals surface area contributed by atoms with E-state index in [9.17, 15) is 4.79 Å². The molecule has 1 aromatic carbocycles. The number of ketones is 1. The molecule has 1 atom stereocenters. The van der Waals surface area contributed by atoms with Crippen molar-refractivity contribution >= 4 is 5.78 Å². The molecule has 92 valence electrons. The normalized spacial score (nSPS) is 19.2. The molecule has 0 bridgehead atoms. The molecule has 0 amide bonds. The smallest absolute Gasteiger partial charge is 0.161 e. The van der Waals surface area contributed by atoms with Gasteiger partial charge in [-0.25, -0.2) is 0 Å². The SMILES string of the molecule is COc1ccc(CCC(=O)C2CCCO2)cc1. The number of benzene rings is 1. The average molecular weight is 234 g/mol. The van der Waals surface area contributed by atoms with Gasteiger partial charge in [0.15, 0.2) is 5.78 Å². The van der Waals surface area contributed by atoms with Crippen LogP contribution in [0.15, 0.2) is 24.3 Å². The van der Waals surface area contributed by atoms with Crippen LogP contribution in [0.4, 0.5) is 0 Å². The van der Waals surface area contributed by atoms with E-state index in [2.05, 4.69) is 0 Å². The van der Waals surface area contributed by atoms with E-state index in [1.165, 1.54) is 0 Å². The zero-order chi connectivity index (χ0) is 12.1. The summed E-state index contributed by atoms with van der Waals surface area (Å²) in [6.07, 6.45) is 3.10. The summed E-state index contributed by atoms with van der Waals surface area (Å²) in [6, 6.07) is 7.85. The van der Waals surface area contributed by atoms with E-state index in [1.807, 2.05) is 24.3 Å². The lowest BCUT2D eigenvalue weighted by molar-refractivity contribution is -0.127. The van der Waals surface area contributed by atoms with Crippen molar-refractivity contribution in [1.29, 1.82) is 0 Å². The number of carbonyl (C=O) groups is 1. The Morgan fingerprint density at radius 1 is 1.41 bits per heavy atom. The summed E-state index contributed by atoms with van der Waals surface area (Å²) in [5.41, 5.74) is 1.16. The number of methoxy groups -OCH3 is 1. The van der Waals surface area contributed by atoms with Crippen LogP contribution in [0.25, 0.3) is 0 Å².